The van der Waals surface area contributed by atoms with Crippen LogP contribution in [0.3, 0.4) is 0 Å². The maximum atomic E-state index is 11.2. The van der Waals surface area contributed by atoms with E-state index in [-0.39, 0.29) is 5.56 Å². The van der Waals surface area contributed by atoms with Crippen LogP contribution in [0.2, 0.25) is 0 Å². The van der Waals surface area contributed by atoms with Crippen molar-refractivity contribution in [1.29, 1.82) is 0 Å². The minimum absolute atomic E-state index is 0.157. The van der Waals surface area contributed by atoms with Gasteiger partial charge in [0.15, 0.2) is 5.82 Å². The molecule has 0 spiro atoms. The second-order valence-electron chi connectivity index (χ2n) is 3.73. The summed E-state index contributed by atoms with van der Waals surface area (Å²) < 4.78 is 1.66. The molecular formula is C10H14N6O. The summed E-state index contributed by atoms with van der Waals surface area (Å²) in [6.07, 6.45) is 2.35. The van der Waals surface area contributed by atoms with Crippen molar-refractivity contribution >= 4 is 5.82 Å². The Labute approximate surface area is 97.9 Å². The van der Waals surface area contributed by atoms with Crippen molar-refractivity contribution in [2.45, 2.75) is 13.3 Å². The lowest BCUT2D eigenvalue weighted by Crippen LogP contribution is -2.14. The number of anilines is 1. The molecule has 0 fully saturated rings. The third-order valence-corrected chi connectivity index (χ3v) is 2.16. The van der Waals surface area contributed by atoms with Gasteiger partial charge < -0.3 is 10.3 Å². The van der Waals surface area contributed by atoms with Gasteiger partial charge in [-0.25, -0.2) is 9.97 Å². The van der Waals surface area contributed by atoms with Crippen LogP contribution in [0.4, 0.5) is 5.82 Å². The van der Waals surface area contributed by atoms with Gasteiger partial charge in [-0.15, -0.1) is 0 Å². The van der Waals surface area contributed by atoms with E-state index in [1.165, 1.54) is 6.07 Å². The molecule has 0 saturated heterocycles. The van der Waals surface area contributed by atoms with Gasteiger partial charge in [0, 0.05) is 26.1 Å². The van der Waals surface area contributed by atoms with Gasteiger partial charge in [-0.3, -0.25) is 9.48 Å². The van der Waals surface area contributed by atoms with Crippen molar-refractivity contribution in [2.75, 3.05) is 11.9 Å². The minimum atomic E-state index is -0.157. The quantitative estimate of drug-likeness (QED) is 0.768. The Morgan fingerprint density at radius 1 is 1.53 bits per heavy atom. The zero-order chi connectivity index (χ0) is 12.3. The lowest BCUT2D eigenvalue weighted by Gasteiger charge is -2.03. The molecule has 0 aliphatic rings. The topological polar surface area (TPSA) is 88.5 Å². The number of aromatic amines is 1. The first-order chi connectivity index (χ1) is 8.13. The molecule has 2 rings (SSSR count). The van der Waals surface area contributed by atoms with Crippen LogP contribution in [-0.2, 0) is 13.5 Å². The summed E-state index contributed by atoms with van der Waals surface area (Å²) in [5, 5.41) is 7.22. The molecule has 0 radical (unpaired) electrons. The molecule has 2 N–H and O–H groups in total. The maximum Gasteiger partial charge on any atom is 0.252 e. The summed E-state index contributed by atoms with van der Waals surface area (Å²) >= 11 is 0. The molecule has 7 heteroatoms. The van der Waals surface area contributed by atoms with Crippen molar-refractivity contribution in [1.82, 2.24) is 24.7 Å². The van der Waals surface area contributed by atoms with Crippen LogP contribution < -0.4 is 10.9 Å². The van der Waals surface area contributed by atoms with Gasteiger partial charge in [-0.1, -0.05) is 0 Å². The third kappa shape index (κ3) is 3.13. The van der Waals surface area contributed by atoms with E-state index < -0.39 is 0 Å². The van der Waals surface area contributed by atoms with Crippen LogP contribution >= 0.6 is 0 Å². The molecule has 0 aromatic carbocycles. The van der Waals surface area contributed by atoms with E-state index in [9.17, 15) is 4.79 Å². The first-order valence-electron chi connectivity index (χ1n) is 5.30. The first-order valence-corrected chi connectivity index (χ1v) is 5.30. The smallest absolute Gasteiger partial charge is 0.252 e. The number of aromatic nitrogens is 5. The Hall–Kier alpha value is -2.18. The van der Waals surface area contributed by atoms with E-state index in [2.05, 4.69) is 25.4 Å². The molecule has 2 heterocycles. The van der Waals surface area contributed by atoms with Crippen molar-refractivity contribution in [2.24, 2.45) is 7.05 Å². The lowest BCUT2D eigenvalue weighted by atomic mass is 10.4. The van der Waals surface area contributed by atoms with Gasteiger partial charge in [0.1, 0.15) is 18.0 Å². The molecule has 0 saturated carbocycles. The largest absolute Gasteiger partial charge is 0.369 e. The van der Waals surface area contributed by atoms with Crippen LogP contribution in [0.15, 0.2) is 17.2 Å². The molecule has 17 heavy (non-hydrogen) atoms. The minimum Gasteiger partial charge on any atom is -0.369 e. The molecule has 0 amide bonds. The Balaban J connectivity index is 1.92. The normalized spacial score (nSPS) is 10.5. The summed E-state index contributed by atoms with van der Waals surface area (Å²) in [5.74, 6) is 1.93. The Bertz CT molecular complexity index is 558. The van der Waals surface area contributed by atoms with Crippen LogP contribution in [0.25, 0.3) is 0 Å². The van der Waals surface area contributed by atoms with E-state index in [0.717, 1.165) is 5.82 Å². The van der Waals surface area contributed by atoms with Gasteiger partial charge in [-0.2, -0.15) is 5.10 Å². The van der Waals surface area contributed by atoms with Gasteiger partial charge in [0.2, 0.25) is 0 Å². The van der Waals surface area contributed by atoms with Crippen molar-refractivity contribution in [3.63, 3.8) is 0 Å². The third-order valence-electron chi connectivity index (χ3n) is 2.16. The number of nitrogens with zero attached hydrogens (tertiary/aromatic N) is 4. The van der Waals surface area contributed by atoms with Gasteiger partial charge >= 0.3 is 0 Å². The predicted octanol–water partition coefficient (Wildman–Crippen LogP) is -0.139. The highest BCUT2D eigenvalue weighted by atomic mass is 16.1. The number of hydrogen-bond donors (Lipinski definition) is 2. The summed E-state index contributed by atoms with van der Waals surface area (Å²) in [6, 6.07) is 1.43. The Morgan fingerprint density at radius 3 is 3.00 bits per heavy atom. The zero-order valence-electron chi connectivity index (χ0n) is 9.77. The van der Waals surface area contributed by atoms with E-state index in [0.29, 0.717) is 24.6 Å². The van der Waals surface area contributed by atoms with Gasteiger partial charge in [-0.05, 0) is 6.92 Å². The standard InChI is InChI=1S/C10H14N6O/c1-7-13-9(5-10(17)14-7)11-4-3-8-12-6-16(2)15-8/h5-6H,3-4H2,1-2H3,(H2,11,13,14,17). The number of H-pyrrole nitrogens is 1. The number of rotatable bonds is 4. The summed E-state index contributed by atoms with van der Waals surface area (Å²) in [5.41, 5.74) is -0.157. The lowest BCUT2D eigenvalue weighted by molar-refractivity contribution is 0.741. The molecular weight excluding hydrogens is 220 g/mol. The molecule has 0 atom stereocenters. The molecule has 0 bridgehead atoms. The van der Waals surface area contributed by atoms with Gasteiger partial charge in [0.25, 0.3) is 5.56 Å². The summed E-state index contributed by atoms with van der Waals surface area (Å²) in [4.78, 5) is 22.0. The average Bonchev–Trinajstić information content (AvgIpc) is 2.63. The molecule has 0 aliphatic heterocycles. The van der Waals surface area contributed by atoms with Crippen molar-refractivity contribution < 1.29 is 0 Å². The SMILES string of the molecule is Cc1nc(NCCc2ncn(C)n2)cc(=O)[nH]1. The van der Waals surface area contributed by atoms with Crippen LogP contribution in [0.5, 0.6) is 0 Å². The van der Waals surface area contributed by atoms with E-state index in [4.69, 9.17) is 0 Å². The van der Waals surface area contributed by atoms with Crippen LogP contribution in [-0.4, -0.2) is 31.3 Å². The van der Waals surface area contributed by atoms with E-state index >= 15 is 0 Å². The average molecular weight is 234 g/mol. The van der Waals surface area contributed by atoms with E-state index in [1.54, 1.807) is 17.9 Å². The van der Waals surface area contributed by atoms with Crippen LogP contribution in [0, 0.1) is 6.92 Å². The first kappa shape index (κ1) is 11.3. The number of aryl methyl sites for hydroxylation is 2. The second kappa shape index (κ2) is 4.77. The van der Waals surface area contributed by atoms with Gasteiger partial charge in [0.05, 0.1) is 0 Å². The Morgan fingerprint density at radius 2 is 2.35 bits per heavy atom. The fourth-order valence-corrected chi connectivity index (χ4v) is 1.47. The summed E-state index contributed by atoms with van der Waals surface area (Å²) in [7, 11) is 1.82. The van der Waals surface area contributed by atoms with Crippen LogP contribution in [0.1, 0.15) is 11.6 Å². The van der Waals surface area contributed by atoms with Crippen molar-refractivity contribution in [3.05, 3.63) is 34.4 Å². The fraction of sp³-hybridized carbons (Fsp3) is 0.400. The maximum absolute atomic E-state index is 11.2. The monoisotopic (exact) mass is 234 g/mol. The highest BCUT2D eigenvalue weighted by Crippen LogP contribution is 1.98. The molecule has 2 aromatic rings. The molecule has 0 unspecified atom stereocenters. The predicted molar refractivity (Wildman–Crippen MR) is 62.8 cm³/mol. The zero-order valence-corrected chi connectivity index (χ0v) is 9.77. The summed E-state index contributed by atoms with van der Waals surface area (Å²) in [6.45, 7) is 2.38. The molecule has 0 aliphatic carbocycles. The molecule has 90 valence electrons. The Kier molecular flexibility index (Phi) is 3.17. The van der Waals surface area contributed by atoms with E-state index in [1.807, 2.05) is 7.05 Å². The fourth-order valence-electron chi connectivity index (χ4n) is 1.47. The van der Waals surface area contributed by atoms with Crippen molar-refractivity contribution in [3.8, 4) is 0 Å². The number of nitrogens with one attached hydrogen (secondary N) is 2. The highest BCUT2D eigenvalue weighted by Gasteiger charge is 2.00. The highest BCUT2D eigenvalue weighted by molar-refractivity contribution is 5.32. The molecule has 7 nitrogen and oxygen atoms in total. The number of hydrogen-bond acceptors (Lipinski definition) is 5. The second-order valence-corrected chi connectivity index (χ2v) is 3.73. The molecule has 2 aromatic heterocycles.